The third-order valence-corrected chi connectivity index (χ3v) is 7.81. The summed E-state index contributed by atoms with van der Waals surface area (Å²) >= 11 is 2.22. The van der Waals surface area contributed by atoms with Crippen LogP contribution >= 0.6 is 22.9 Å². The molecule has 5 nitrogen and oxygen atoms in total. The lowest BCUT2D eigenvalue weighted by atomic mass is 9.90. The van der Waals surface area contributed by atoms with Gasteiger partial charge >= 0.3 is 0 Å². The molecule has 31 heavy (non-hydrogen) atoms. The van der Waals surface area contributed by atoms with Gasteiger partial charge in [0.1, 0.15) is 0 Å². The predicted octanol–water partition coefficient (Wildman–Crippen LogP) is 5.07. The summed E-state index contributed by atoms with van der Waals surface area (Å²) in [6, 6.07) is 15.0. The van der Waals surface area contributed by atoms with Gasteiger partial charge in [0.05, 0.1) is 34.5 Å². The molecular weight excluding hydrogens is 499 g/mol. The van der Waals surface area contributed by atoms with Crippen molar-refractivity contribution in [1.29, 1.82) is 5.26 Å². The molecule has 162 valence electrons. The minimum atomic E-state index is 0.126. The van der Waals surface area contributed by atoms with E-state index < -0.39 is 0 Å². The van der Waals surface area contributed by atoms with Crippen molar-refractivity contribution in [1.82, 2.24) is 8.01 Å². The van der Waals surface area contributed by atoms with Crippen LogP contribution in [0.4, 0.5) is 5.69 Å². The van der Waals surface area contributed by atoms with Crippen LogP contribution in [0.3, 0.4) is 0 Å². The number of carbonyl (C=O) groups is 1. The number of nitriles is 1. The molecule has 6 heteroatoms. The fourth-order valence-corrected chi connectivity index (χ4v) is 5.51. The van der Waals surface area contributed by atoms with E-state index in [0.29, 0.717) is 6.04 Å². The summed E-state index contributed by atoms with van der Waals surface area (Å²) in [6.45, 7) is 3.99. The summed E-state index contributed by atoms with van der Waals surface area (Å²) in [5.74, 6) is 0.126. The molecular formula is C25H29IN4O. The third kappa shape index (κ3) is 5.04. The van der Waals surface area contributed by atoms with Gasteiger partial charge in [0.15, 0.2) is 0 Å². The van der Waals surface area contributed by atoms with Crippen molar-refractivity contribution in [3.8, 4) is 6.07 Å². The van der Waals surface area contributed by atoms with Crippen LogP contribution in [0.5, 0.6) is 0 Å². The standard InChI is InChI=1S/C25H29IN4O/c1-17-13-23(6-5-20(17)15-27)28-22-7-9-24(10-8-22)30(26)25(31)19-3-4-21-16-29(2)12-11-18(21)14-19/h3-6,13-14,22,24,28H,7-12,16H2,1-2H3. The molecule has 1 N–H and O–H groups in total. The number of aryl methyl sites for hydroxylation is 1. The topological polar surface area (TPSA) is 59.4 Å². The molecule has 1 heterocycles. The molecule has 0 unspecified atom stereocenters. The summed E-state index contributed by atoms with van der Waals surface area (Å²) in [5.41, 5.74) is 6.27. The lowest BCUT2D eigenvalue weighted by molar-refractivity contribution is 0.0835. The van der Waals surface area contributed by atoms with Crippen molar-refractivity contribution in [3.05, 3.63) is 64.2 Å². The normalized spacial score (nSPS) is 21.1. The second-order valence-electron chi connectivity index (χ2n) is 8.88. The van der Waals surface area contributed by atoms with Crippen LogP contribution in [0.15, 0.2) is 36.4 Å². The van der Waals surface area contributed by atoms with E-state index in [-0.39, 0.29) is 11.9 Å². The van der Waals surface area contributed by atoms with Gasteiger partial charge < -0.3 is 10.2 Å². The Bertz CT molecular complexity index is 1010. The number of hydrogen-bond acceptors (Lipinski definition) is 4. The van der Waals surface area contributed by atoms with Crippen LogP contribution < -0.4 is 5.32 Å². The number of halogens is 1. The van der Waals surface area contributed by atoms with E-state index >= 15 is 0 Å². The predicted molar refractivity (Wildman–Crippen MR) is 132 cm³/mol. The van der Waals surface area contributed by atoms with E-state index in [4.69, 9.17) is 5.26 Å². The fourth-order valence-electron chi connectivity index (χ4n) is 4.68. The Hall–Kier alpha value is -2.11. The van der Waals surface area contributed by atoms with Crippen LogP contribution in [-0.4, -0.2) is 39.6 Å². The van der Waals surface area contributed by atoms with Gasteiger partial charge in [0.25, 0.3) is 5.91 Å². The second kappa shape index (κ2) is 9.58. The molecule has 0 aromatic heterocycles. The van der Waals surface area contributed by atoms with E-state index in [9.17, 15) is 4.79 Å². The Morgan fingerprint density at radius 3 is 2.65 bits per heavy atom. The average Bonchev–Trinajstić information content (AvgIpc) is 2.78. The third-order valence-electron chi connectivity index (χ3n) is 6.59. The maximum absolute atomic E-state index is 13.1. The molecule has 1 fully saturated rings. The number of hydrogen-bond donors (Lipinski definition) is 1. The molecule has 1 aliphatic heterocycles. The molecule has 0 bridgehead atoms. The molecule has 0 spiro atoms. The van der Waals surface area contributed by atoms with Gasteiger partial charge in [-0.25, -0.2) is 0 Å². The highest BCUT2D eigenvalue weighted by atomic mass is 127. The zero-order valence-corrected chi connectivity index (χ0v) is 20.4. The zero-order chi connectivity index (χ0) is 22.0. The largest absolute Gasteiger partial charge is 0.382 e. The number of likely N-dealkylation sites (N-methyl/N-ethyl adjacent to an activating group) is 1. The molecule has 1 aliphatic carbocycles. The first-order valence-electron chi connectivity index (χ1n) is 11.0. The van der Waals surface area contributed by atoms with E-state index in [0.717, 1.165) is 67.6 Å². The molecule has 0 saturated heterocycles. The number of anilines is 1. The maximum Gasteiger partial charge on any atom is 0.262 e. The summed E-state index contributed by atoms with van der Waals surface area (Å²) < 4.78 is 1.93. The van der Waals surface area contributed by atoms with Crippen molar-refractivity contribution in [3.63, 3.8) is 0 Å². The minimum absolute atomic E-state index is 0.126. The van der Waals surface area contributed by atoms with Crippen LogP contribution in [0.2, 0.25) is 0 Å². The number of benzene rings is 2. The zero-order valence-electron chi connectivity index (χ0n) is 18.2. The monoisotopic (exact) mass is 528 g/mol. The second-order valence-corrected chi connectivity index (χ2v) is 9.92. The van der Waals surface area contributed by atoms with Crippen LogP contribution in [0.1, 0.15) is 58.3 Å². The molecule has 4 rings (SSSR count). The molecule has 2 aliphatic rings. The van der Waals surface area contributed by atoms with Gasteiger partial charge in [-0.15, -0.1) is 0 Å². The highest BCUT2D eigenvalue weighted by Gasteiger charge is 2.29. The Morgan fingerprint density at radius 1 is 1.16 bits per heavy atom. The van der Waals surface area contributed by atoms with Gasteiger partial charge in [-0.05, 0) is 93.1 Å². The van der Waals surface area contributed by atoms with Crippen LogP contribution in [0.25, 0.3) is 0 Å². The molecule has 0 atom stereocenters. The van der Waals surface area contributed by atoms with E-state index in [1.807, 2.05) is 34.3 Å². The average molecular weight is 528 g/mol. The number of carbonyl (C=O) groups excluding carboxylic acids is 1. The lowest BCUT2D eigenvalue weighted by Crippen LogP contribution is -2.38. The van der Waals surface area contributed by atoms with Gasteiger partial charge in [0.2, 0.25) is 0 Å². The number of amides is 1. The fraction of sp³-hybridized carbons (Fsp3) is 0.440. The molecule has 0 radical (unpaired) electrons. The molecule has 2 aromatic carbocycles. The summed E-state index contributed by atoms with van der Waals surface area (Å²) in [4.78, 5) is 15.5. The molecule has 1 saturated carbocycles. The van der Waals surface area contributed by atoms with Crippen molar-refractivity contribution < 1.29 is 4.79 Å². The smallest absolute Gasteiger partial charge is 0.262 e. The van der Waals surface area contributed by atoms with Gasteiger partial charge in [0, 0.05) is 36.4 Å². The number of fused-ring (bicyclic) bond motifs is 1. The summed E-state index contributed by atoms with van der Waals surface area (Å²) in [7, 11) is 2.14. The lowest BCUT2D eigenvalue weighted by Gasteiger charge is -2.34. The minimum Gasteiger partial charge on any atom is -0.382 e. The first-order chi connectivity index (χ1) is 14.9. The quantitative estimate of drug-likeness (QED) is 0.445. The van der Waals surface area contributed by atoms with Crippen LogP contribution in [0, 0.1) is 18.3 Å². The first-order valence-corrected chi connectivity index (χ1v) is 12.0. The van der Waals surface area contributed by atoms with Gasteiger partial charge in [-0.2, -0.15) is 5.26 Å². The van der Waals surface area contributed by atoms with E-state index in [1.54, 1.807) is 0 Å². The summed E-state index contributed by atoms with van der Waals surface area (Å²) in [6.07, 6.45) is 5.08. The Balaban J connectivity index is 1.34. The Kier molecular flexibility index (Phi) is 6.83. The first kappa shape index (κ1) is 22.1. The molecule has 2 aromatic rings. The van der Waals surface area contributed by atoms with Crippen molar-refractivity contribution in [2.45, 2.75) is 57.7 Å². The highest BCUT2D eigenvalue weighted by molar-refractivity contribution is 14.1. The Morgan fingerprint density at radius 2 is 1.94 bits per heavy atom. The Labute approximate surface area is 198 Å². The number of rotatable bonds is 4. The number of nitrogens with one attached hydrogen (secondary N) is 1. The number of nitrogens with zero attached hydrogens (tertiary/aromatic N) is 3. The van der Waals surface area contributed by atoms with Gasteiger partial charge in [-0.1, -0.05) is 6.07 Å². The SMILES string of the molecule is Cc1cc(NC2CCC(N(I)C(=O)c3ccc4c(c3)CCN(C)C4)CC2)ccc1C#N. The van der Waals surface area contributed by atoms with Crippen molar-refractivity contribution in [2.24, 2.45) is 0 Å². The van der Waals surface area contributed by atoms with E-state index in [1.165, 1.54) is 11.1 Å². The van der Waals surface area contributed by atoms with E-state index in [2.05, 4.69) is 58.3 Å². The summed E-state index contributed by atoms with van der Waals surface area (Å²) in [5, 5.41) is 12.7. The maximum atomic E-state index is 13.1. The highest BCUT2D eigenvalue weighted by Crippen LogP contribution is 2.30. The van der Waals surface area contributed by atoms with Crippen molar-refractivity contribution >= 4 is 34.5 Å². The van der Waals surface area contributed by atoms with Crippen LogP contribution in [-0.2, 0) is 13.0 Å². The van der Waals surface area contributed by atoms with Crippen molar-refractivity contribution in [2.75, 3.05) is 18.9 Å². The molecule has 1 amide bonds. The van der Waals surface area contributed by atoms with Gasteiger partial charge in [-0.3, -0.25) is 7.91 Å².